The largest absolute Gasteiger partial charge is 0.508 e. The number of amides is 1. The summed E-state index contributed by atoms with van der Waals surface area (Å²) in [5.41, 5.74) is 1.15. The van der Waals surface area contributed by atoms with E-state index >= 15 is 0 Å². The van der Waals surface area contributed by atoms with Gasteiger partial charge in [0.15, 0.2) is 0 Å². The zero-order valence-electron chi connectivity index (χ0n) is 11.6. The number of hydrogen-bond donors (Lipinski definition) is 3. The molecule has 0 aliphatic heterocycles. The molecule has 0 saturated heterocycles. The number of halogens is 2. The van der Waals surface area contributed by atoms with E-state index in [1.54, 1.807) is 36.4 Å². The fraction of sp³-hybridized carbons (Fsp3) is 0.188. The van der Waals surface area contributed by atoms with E-state index in [9.17, 15) is 15.0 Å². The Balaban J connectivity index is 2.07. The number of carbonyl (C=O) groups is 1. The van der Waals surface area contributed by atoms with Gasteiger partial charge in [0.25, 0.3) is 5.91 Å². The summed E-state index contributed by atoms with van der Waals surface area (Å²) >= 11 is 11.8. The first-order valence-corrected chi connectivity index (χ1v) is 7.40. The lowest BCUT2D eigenvalue weighted by molar-refractivity contribution is 0.0916. The number of nitrogens with one attached hydrogen (secondary N) is 1. The molecule has 2 rings (SSSR count). The van der Waals surface area contributed by atoms with E-state index in [1.807, 2.05) is 0 Å². The Bertz CT molecular complexity index is 659. The third-order valence-electron chi connectivity index (χ3n) is 3.15. The SMILES string of the molecule is O=C(N[C@H](CO)Cc1ccc(O)cc1)c1cc(Cl)ccc1Cl. The second-order valence-electron chi connectivity index (χ2n) is 4.85. The second kappa shape index (κ2) is 7.49. The molecule has 0 radical (unpaired) electrons. The lowest BCUT2D eigenvalue weighted by Crippen LogP contribution is -2.39. The summed E-state index contributed by atoms with van der Waals surface area (Å²) < 4.78 is 0. The third-order valence-corrected chi connectivity index (χ3v) is 3.71. The van der Waals surface area contributed by atoms with Crippen LogP contribution in [0.5, 0.6) is 5.75 Å². The molecule has 1 atom stereocenters. The van der Waals surface area contributed by atoms with Crippen molar-refractivity contribution < 1.29 is 15.0 Å². The van der Waals surface area contributed by atoms with E-state index in [0.29, 0.717) is 16.5 Å². The monoisotopic (exact) mass is 339 g/mol. The van der Waals surface area contributed by atoms with Gasteiger partial charge < -0.3 is 15.5 Å². The van der Waals surface area contributed by atoms with E-state index in [-0.39, 0.29) is 17.9 Å². The van der Waals surface area contributed by atoms with Crippen LogP contribution in [0, 0.1) is 0 Å². The number of aliphatic hydroxyl groups excluding tert-OH is 1. The Hall–Kier alpha value is -1.75. The van der Waals surface area contributed by atoms with Crippen LogP contribution in [0.1, 0.15) is 15.9 Å². The van der Waals surface area contributed by atoms with Gasteiger partial charge in [0, 0.05) is 5.02 Å². The highest BCUT2D eigenvalue weighted by atomic mass is 35.5. The highest BCUT2D eigenvalue weighted by molar-refractivity contribution is 6.35. The van der Waals surface area contributed by atoms with Gasteiger partial charge in [-0.2, -0.15) is 0 Å². The highest BCUT2D eigenvalue weighted by Gasteiger charge is 2.16. The molecule has 0 spiro atoms. The predicted octanol–water partition coefficient (Wildman–Crippen LogP) is 3.03. The van der Waals surface area contributed by atoms with Gasteiger partial charge in [0.2, 0.25) is 0 Å². The molecule has 0 aliphatic rings. The minimum atomic E-state index is -0.466. The van der Waals surface area contributed by atoms with Crippen LogP contribution in [0.15, 0.2) is 42.5 Å². The molecule has 1 amide bonds. The fourth-order valence-electron chi connectivity index (χ4n) is 2.01. The summed E-state index contributed by atoms with van der Waals surface area (Å²) in [5.74, 6) is -0.232. The predicted molar refractivity (Wildman–Crippen MR) is 86.6 cm³/mol. The Kier molecular flexibility index (Phi) is 5.66. The van der Waals surface area contributed by atoms with Crippen molar-refractivity contribution in [3.8, 4) is 5.75 Å². The molecule has 3 N–H and O–H groups in total. The van der Waals surface area contributed by atoms with Crippen molar-refractivity contribution in [1.82, 2.24) is 5.32 Å². The summed E-state index contributed by atoms with van der Waals surface area (Å²) in [4.78, 5) is 12.2. The summed E-state index contributed by atoms with van der Waals surface area (Å²) in [7, 11) is 0. The van der Waals surface area contributed by atoms with Gasteiger partial charge in [-0.15, -0.1) is 0 Å². The molecule has 0 aromatic heterocycles. The minimum Gasteiger partial charge on any atom is -0.508 e. The topological polar surface area (TPSA) is 69.6 Å². The number of carbonyl (C=O) groups excluding carboxylic acids is 1. The lowest BCUT2D eigenvalue weighted by Gasteiger charge is -2.17. The molecule has 0 saturated carbocycles. The van der Waals surface area contributed by atoms with E-state index in [1.165, 1.54) is 6.07 Å². The molecular weight excluding hydrogens is 325 g/mol. The molecule has 22 heavy (non-hydrogen) atoms. The maximum atomic E-state index is 12.2. The summed E-state index contributed by atoms with van der Waals surface area (Å²) in [6.45, 7) is -0.217. The molecule has 4 nitrogen and oxygen atoms in total. The first-order chi connectivity index (χ1) is 10.5. The van der Waals surface area contributed by atoms with Gasteiger partial charge in [-0.25, -0.2) is 0 Å². The first-order valence-electron chi connectivity index (χ1n) is 6.64. The van der Waals surface area contributed by atoms with Crippen molar-refractivity contribution in [2.24, 2.45) is 0 Å². The zero-order chi connectivity index (χ0) is 16.1. The van der Waals surface area contributed by atoms with Crippen molar-refractivity contribution in [3.63, 3.8) is 0 Å². The molecule has 6 heteroatoms. The molecule has 0 fully saturated rings. The number of hydrogen-bond acceptors (Lipinski definition) is 3. The number of aliphatic hydroxyl groups is 1. The second-order valence-corrected chi connectivity index (χ2v) is 5.69. The number of aromatic hydroxyl groups is 1. The molecule has 0 unspecified atom stereocenters. The van der Waals surface area contributed by atoms with Gasteiger partial charge in [0.1, 0.15) is 5.75 Å². The number of benzene rings is 2. The van der Waals surface area contributed by atoms with Crippen LogP contribution in [0.4, 0.5) is 0 Å². The van der Waals surface area contributed by atoms with E-state index in [4.69, 9.17) is 23.2 Å². The van der Waals surface area contributed by atoms with Crippen molar-refractivity contribution in [2.75, 3.05) is 6.61 Å². The molecule has 2 aromatic carbocycles. The van der Waals surface area contributed by atoms with Crippen LogP contribution >= 0.6 is 23.2 Å². The Morgan fingerprint density at radius 1 is 1.14 bits per heavy atom. The molecule has 2 aromatic rings. The van der Waals surface area contributed by atoms with Crippen LogP contribution in [-0.2, 0) is 6.42 Å². The van der Waals surface area contributed by atoms with Gasteiger partial charge in [-0.3, -0.25) is 4.79 Å². The zero-order valence-corrected chi connectivity index (χ0v) is 13.1. The number of phenolic OH excluding ortho intramolecular Hbond substituents is 1. The summed E-state index contributed by atoms with van der Waals surface area (Å²) in [6, 6.07) is 10.7. The van der Waals surface area contributed by atoms with E-state index in [2.05, 4.69) is 5.32 Å². The minimum absolute atomic E-state index is 0.166. The first kappa shape index (κ1) is 16.6. The highest BCUT2D eigenvalue weighted by Crippen LogP contribution is 2.20. The van der Waals surface area contributed by atoms with E-state index in [0.717, 1.165) is 5.56 Å². The smallest absolute Gasteiger partial charge is 0.253 e. The quantitative estimate of drug-likeness (QED) is 0.784. The average molecular weight is 340 g/mol. The van der Waals surface area contributed by atoms with Gasteiger partial charge in [-0.1, -0.05) is 35.3 Å². The third kappa shape index (κ3) is 4.37. The molecular formula is C16H15Cl2NO3. The van der Waals surface area contributed by atoms with Crippen molar-refractivity contribution in [3.05, 3.63) is 63.6 Å². The summed E-state index contributed by atoms with van der Waals surface area (Å²) in [5, 5.41) is 22.1. The maximum absolute atomic E-state index is 12.2. The Labute approximate surface area is 138 Å². The maximum Gasteiger partial charge on any atom is 0.253 e. The normalized spacial score (nSPS) is 12.0. The van der Waals surface area contributed by atoms with Crippen molar-refractivity contribution in [1.29, 1.82) is 0 Å². The van der Waals surface area contributed by atoms with Gasteiger partial charge >= 0.3 is 0 Å². The standard InChI is InChI=1S/C16H15Cl2NO3/c17-11-3-6-15(18)14(8-11)16(22)19-12(9-20)7-10-1-4-13(21)5-2-10/h1-6,8,12,20-21H,7,9H2,(H,19,22)/t12-/m0/s1. The van der Waals surface area contributed by atoms with Crippen molar-refractivity contribution >= 4 is 29.1 Å². The van der Waals surface area contributed by atoms with Gasteiger partial charge in [-0.05, 0) is 42.3 Å². The Morgan fingerprint density at radius 2 is 1.82 bits per heavy atom. The molecule has 0 bridgehead atoms. The van der Waals surface area contributed by atoms with E-state index < -0.39 is 11.9 Å². The lowest BCUT2D eigenvalue weighted by atomic mass is 10.1. The number of phenols is 1. The average Bonchev–Trinajstić information content (AvgIpc) is 2.51. The fourth-order valence-corrected chi connectivity index (χ4v) is 2.39. The molecule has 0 heterocycles. The van der Waals surface area contributed by atoms with Gasteiger partial charge in [0.05, 0.1) is 23.2 Å². The van der Waals surface area contributed by atoms with Crippen molar-refractivity contribution in [2.45, 2.75) is 12.5 Å². The molecule has 0 aliphatic carbocycles. The van der Waals surface area contributed by atoms with Crippen LogP contribution in [0.25, 0.3) is 0 Å². The number of rotatable bonds is 5. The van der Waals surface area contributed by atoms with Crippen LogP contribution in [0.2, 0.25) is 10.0 Å². The van der Waals surface area contributed by atoms with Crippen LogP contribution in [-0.4, -0.2) is 28.8 Å². The summed E-state index contributed by atoms with van der Waals surface area (Å²) in [6.07, 6.45) is 0.431. The van der Waals surface area contributed by atoms with Crippen LogP contribution in [0.3, 0.4) is 0 Å². The van der Waals surface area contributed by atoms with Crippen LogP contribution < -0.4 is 5.32 Å². The Morgan fingerprint density at radius 3 is 2.45 bits per heavy atom. The molecule has 116 valence electrons.